The van der Waals surface area contributed by atoms with Crippen LogP contribution in [0.15, 0.2) is 12.2 Å². The Balaban J connectivity index is 1.64. The molecular weight excluding hydrogens is 206 g/mol. The summed E-state index contributed by atoms with van der Waals surface area (Å²) in [6.45, 7) is 8.50. The highest BCUT2D eigenvalue weighted by atomic mass is 14.9. The molecule has 0 aliphatic heterocycles. The summed E-state index contributed by atoms with van der Waals surface area (Å²) in [5, 5.41) is 3.65. The molecule has 94 valence electrons. The molecular formula is C16H25N. The first-order chi connectivity index (χ1) is 8.22. The Morgan fingerprint density at radius 1 is 1.59 bits per heavy atom. The SMILES string of the molecule is C#CC(=C)CCCNCC1(CC)CCC2CC21. The smallest absolute Gasteiger partial charge is 0.00105 e. The minimum atomic E-state index is 0.633. The van der Waals surface area contributed by atoms with Crippen molar-refractivity contribution in [3.8, 4) is 12.3 Å². The lowest BCUT2D eigenvalue weighted by Crippen LogP contribution is -2.34. The Labute approximate surface area is 106 Å². The Kier molecular flexibility index (Phi) is 3.94. The summed E-state index contributed by atoms with van der Waals surface area (Å²) in [4.78, 5) is 0. The van der Waals surface area contributed by atoms with Crippen molar-refractivity contribution in [2.75, 3.05) is 13.1 Å². The molecule has 0 aromatic heterocycles. The number of hydrogen-bond acceptors (Lipinski definition) is 1. The molecule has 2 saturated carbocycles. The second-order valence-corrected chi connectivity index (χ2v) is 5.89. The molecule has 0 spiro atoms. The molecule has 0 aromatic carbocycles. The molecule has 17 heavy (non-hydrogen) atoms. The monoisotopic (exact) mass is 231 g/mol. The maximum atomic E-state index is 5.28. The maximum absolute atomic E-state index is 5.28. The fourth-order valence-electron chi connectivity index (χ4n) is 3.59. The Morgan fingerprint density at radius 3 is 2.94 bits per heavy atom. The molecule has 1 nitrogen and oxygen atoms in total. The van der Waals surface area contributed by atoms with E-state index in [1.807, 2.05) is 0 Å². The summed E-state index contributed by atoms with van der Waals surface area (Å²) in [7, 11) is 0. The predicted octanol–water partition coefficient (Wildman–Crippen LogP) is 3.37. The van der Waals surface area contributed by atoms with Gasteiger partial charge in [0.25, 0.3) is 0 Å². The number of hydrogen-bond donors (Lipinski definition) is 1. The molecule has 1 heteroatoms. The molecule has 2 fully saturated rings. The van der Waals surface area contributed by atoms with Crippen molar-refractivity contribution in [3.05, 3.63) is 12.2 Å². The summed E-state index contributed by atoms with van der Waals surface area (Å²) < 4.78 is 0. The largest absolute Gasteiger partial charge is 0.316 e. The van der Waals surface area contributed by atoms with Crippen LogP contribution in [-0.2, 0) is 0 Å². The van der Waals surface area contributed by atoms with Crippen molar-refractivity contribution < 1.29 is 0 Å². The second kappa shape index (κ2) is 5.27. The number of rotatable bonds is 7. The first-order valence-electron chi connectivity index (χ1n) is 7.07. The van der Waals surface area contributed by atoms with Crippen LogP contribution in [0.1, 0.15) is 45.4 Å². The van der Waals surface area contributed by atoms with Crippen LogP contribution in [0, 0.1) is 29.6 Å². The van der Waals surface area contributed by atoms with Gasteiger partial charge in [-0.1, -0.05) is 19.4 Å². The van der Waals surface area contributed by atoms with Crippen LogP contribution < -0.4 is 5.32 Å². The van der Waals surface area contributed by atoms with Crippen LogP contribution in [0.4, 0.5) is 0 Å². The Bertz CT molecular complexity index is 325. The highest BCUT2D eigenvalue weighted by molar-refractivity contribution is 5.20. The lowest BCUT2D eigenvalue weighted by molar-refractivity contribution is 0.228. The van der Waals surface area contributed by atoms with E-state index in [0.717, 1.165) is 36.8 Å². The van der Waals surface area contributed by atoms with Gasteiger partial charge in [-0.3, -0.25) is 0 Å². The predicted molar refractivity (Wildman–Crippen MR) is 73.6 cm³/mol. The van der Waals surface area contributed by atoms with Crippen LogP contribution in [0.2, 0.25) is 0 Å². The number of allylic oxidation sites excluding steroid dienone is 1. The molecule has 3 atom stereocenters. The van der Waals surface area contributed by atoms with Crippen molar-refractivity contribution in [2.45, 2.75) is 45.4 Å². The number of fused-ring (bicyclic) bond motifs is 1. The van der Waals surface area contributed by atoms with Gasteiger partial charge in [0.2, 0.25) is 0 Å². The highest BCUT2D eigenvalue weighted by Gasteiger charge is 2.56. The van der Waals surface area contributed by atoms with Gasteiger partial charge < -0.3 is 5.32 Å². The molecule has 0 heterocycles. The van der Waals surface area contributed by atoms with E-state index in [2.05, 4.69) is 24.7 Å². The summed E-state index contributed by atoms with van der Waals surface area (Å²) >= 11 is 0. The maximum Gasteiger partial charge on any atom is 0.00105 e. The van der Waals surface area contributed by atoms with Crippen molar-refractivity contribution in [1.82, 2.24) is 5.32 Å². The van der Waals surface area contributed by atoms with E-state index in [0.29, 0.717) is 5.41 Å². The summed E-state index contributed by atoms with van der Waals surface area (Å²) in [6, 6.07) is 0. The van der Waals surface area contributed by atoms with Crippen LogP contribution >= 0.6 is 0 Å². The van der Waals surface area contributed by atoms with Gasteiger partial charge in [-0.05, 0) is 67.9 Å². The molecule has 0 radical (unpaired) electrons. The topological polar surface area (TPSA) is 12.0 Å². The van der Waals surface area contributed by atoms with Gasteiger partial charge >= 0.3 is 0 Å². The number of nitrogens with one attached hydrogen (secondary N) is 1. The summed E-state index contributed by atoms with van der Waals surface area (Å²) in [5.74, 6) is 4.73. The molecule has 2 aliphatic carbocycles. The van der Waals surface area contributed by atoms with Crippen LogP contribution in [0.25, 0.3) is 0 Å². The molecule has 0 bridgehead atoms. The first-order valence-corrected chi connectivity index (χ1v) is 7.07. The third-order valence-corrected chi connectivity index (χ3v) is 4.94. The molecule has 2 rings (SSSR count). The third kappa shape index (κ3) is 2.75. The molecule has 3 unspecified atom stereocenters. The van der Waals surface area contributed by atoms with Gasteiger partial charge in [0.05, 0.1) is 0 Å². The number of terminal acetylenes is 1. The van der Waals surface area contributed by atoms with E-state index in [1.165, 1.54) is 32.2 Å². The van der Waals surface area contributed by atoms with Crippen molar-refractivity contribution in [3.63, 3.8) is 0 Å². The average molecular weight is 231 g/mol. The van der Waals surface area contributed by atoms with E-state index in [4.69, 9.17) is 6.42 Å². The minimum Gasteiger partial charge on any atom is -0.316 e. The van der Waals surface area contributed by atoms with Crippen LogP contribution in [0.5, 0.6) is 0 Å². The van der Waals surface area contributed by atoms with E-state index in [9.17, 15) is 0 Å². The fourth-order valence-corrected chi connectivity index (χ4v) is 3.59. The standard InChI is InChI=1S/C16H25N/c1-4-13(3)7-6-10-17-12-16(5-2)9-8-14-11-15(14)16/h1,14-15,17H,3,5-12H2,2H3. The molecule has 1 N–H and O–H groups in total. The van der Waals surface area contributed by atoms with E-state index < -0.39 is 0 Å². The molecule has 0 saturated heterocycles. The van der Waals surface area contributed by atoms with Crippen LogP contribution in [0.3, 0.4) is 0 Å². The second-order valence-electron chi connectivity index (χ2n) is 5.89. The van der Waals surface area contributed by atoms with Crippen molar-refractivity contribution in [2.24, 2.45) is 17.3 Å². The third-order valence-electron chi connectivity index (χ3n) is 4.94. The van der Waals surface area contributed by atoms with E-state index in [1.54, 1.807) is 0 Å². The highest BCUT2D eigenvalue weighted by Crippen LogP contribution is 2.63. The zero-order valence-electron chi connectivity index (χ0n) is 11.1. The molecule has 0 aromatic rings. The lowest BCUT2D eigenvalue weighted by Gasteiger charge is -2.30. The quantitative estimate of drug-likeness (QED) is 0.523. The molecule has 0 amide bonds. The van der Waals surface area contributed by atoms with Gasteiger partial charge in [0, 0.05) is 6.54 Å². The average Bonchev–Trinajstić information content (AvgIpc) is 3.06. The van der Waals surface area contributed by atoms with Gasteiger partial charge in [-0.25, -0.2) is 0 Å². The van der Waals surface area contributed by atoms with Gasteiger partial charge in [0.15, 0.2) is 0 Å². The lowest BCUT2D eigenvalue weighted by atomic mass is 9.79. The first kappa shape index (κ1) is 12.7. The zero-order valence-corrected chi connectivity index (χ0v) is 11.1. The fraction of sp³-hybridized carbons (Fsp3) is 0.750. The minimum absolute atomic E-state index is 0.633. The van der Waals surface area contributed by atoms with E-state index >= 15 is 0 Å². The van der Waals surface area contributed by atoms with E-state index in [-0.39, 0.29) is 0 Å². The Morgan fingerprint density at radius 2 is 2.41 bits per heavy atom. The van der Waals surface area contributed by atoms with Crippen LogP contribution in [-0.4, -0.2) is 13.1 Å². The van der Waals surface area contributed by atoms with Gasteiger partial charge in [-0.15, -0.1) is 6.42 Å². The normalized spacial score (nSPS) is 34.1. The van der Waals surface area contributed by atoms with Crippen molar-refractivity contribution in [1.29, 1.82) is 0 Å². The van der Waals surface area contributed by atoms with Gasteiger partial charge in [-0.2, -0.15) is 0 Å². The van der Waals surface area contributed by atoms with Crippen molar-refractivity contribution >= 4 is 0 Å². The zero-order chi connectivity index (χ0) is 12.3. The summed E-state index contributed by atoms with van der Waals surface area (Å²) in [6.07, 6.45) is 13.1. The Hall–Kier alpha value is -0.740. The summed E-state index contributed by atoms with van der Waals surface area (Å²) in [5.41, 5.74) is 1.56. The molecule has 2 aliphatic rings. The van der Waals surface area contributed by atoms with Gasteiger partial charge in [0.1, 0.15) is 0 Å².